The van der Waals surface area contributed by atoms with Gasteiger partial charge in [-0.1, -0.05) is 54.7 Å². The van der Waals surface area contributed by atoms with Gasteiger partial charge in [0.1, 0.15) is 24.4 Å². The number of ether oxygens (including phenoxy) is 5. The summed E-state index contributed by atoms with van der Waals surface area (Å²) >= 11 is 3.17. The first kappa shape index (κ1) is 36.1. The van der Waals surface area contributed by atoms with Crippen molar-refractivity contribution in [3.05, 3.63) is 36.4 Å². The van der Waals surface area contributed by atoms with Crippen molar-refractivity contribution < 1.29 is 33.3 Å². The number of thiocyanates is 1. The minimum Gasteiger partial charge on any atom is -0.490 e. The summed E-state index contributed by atoms with van der Waals surface area (Å²) in [5, 5.41) is 19.8. The number of hydrogen-bond donors (Lipinski definition) is 3. The van der Waals surface area contributed by atoms with Gasteiger partial charge < -0.3 is 39.6 Å². The van der Waals surface area contributed by atoms with Crippen LogP contribution in [-0.2, 0) is 28.5 Å². The zero-order valence-electron chi connectivity index (χ0n) is 23.2. The normalized spacial score (nSPS) is 11.9. The number of thioether (sulfide) groups is 1. The molecule has 11 nitrogen and oxygen atoms in total. The molecule has 1 aromatic rings. The highest BCUT2D eigenvalue weighted by atomic mass is 127. The molecule has 0 fully saturated rings. The molecule has 0 aliphatic carbocycles. The lowest BCUT2D eigenvalue weighted by atomic mass is 10.2. The summed E-state index contributed by atoms with van der Waals surface area (Å²) in [5.41, 5.74) is 0.0379. The van der Waals surface area contributed by atoms with E-state index in [2.05, 4.69) is 52.4 Å². The maximum Gasteiger partial charge on any atom is 0.246 e. The number of anilines is 1. The smallest absolute Gasteiger partial charge is 0.246 e. The van der Waals surface area contributed by atoms with Gasteiger partial charge in [-0.05, 0) is 29.8 Å². The number of nitriles is 1. The highest BCUT2D eigenvalue weighted by Crippen LogP contribution is 2.20. The van der Waals surface area contributed by atoms with Gasteiger partial charge >= 0.3 is 0 Å². The van der Waals surface area contributed by atoms with Crippen molar-refractivity contribution in [2.24, 2.45) is 5.92 Å². The summed E-state index contributed by atoms with van der Waals surface area (Å²) in [5.74, 6) is 0.573. The molecular formula is C27H41IN4O7S. The molecule has 0 bridgehead atoms. The predicted octanol–water partition coefficient (Wildman–Crippen LogP) is 3.31. The Balaban J connectivity index is 2.25. The average Bonchev–Trinajstić information content (AvgIpc) is 2.93. The zero-order valence-corrected chi connectivity index (χ0v) is 26.2. The summed E-state index contributed by atoms with van der Waals surface area (Å²) in [7, 11) is 0. The molecule has 40 heavy (non-hydrogen) atoms. The van der Waals surface area contributed by atoms with Crippen LogP contribution >= 0.6 is 34.4 Å². The van der Waals surface area contributed by atoms with Crippen LogP contribution in [-0.4, -0.2) is 87.7 Å². The fourth-order valence-corrected chi connectivity index (χ4v) is 3.69. The summed E-state index contributed by atoms with van der Waals surface area (Å²) in [6.07, 6.45) is 4.14. The molecule has 1 atom stereocenters. The minimum atomic E-state index is -0.550. The first-order valence-corrected chi connectivity index (χ1v) is 15.5. The molecule has 0 aliphatic heterocycles. The lowest BCUT2D eigenvalue weighted by Gasteiger charge is -2.16. The number of rotatable bonds is 24. The lowest BCUT2D eigenvalue weighted by molar-refractivity contribution is -0.126. The SMILES string of the molecule is CC(C)/C=C/CNC(=O)COCCOC(COc1cccc(NC(=O)CCOCCOCCNCI)c1)SC#N. The van der Waals surface area contributed by atoms with Gasteiger partial charge in [0.05, 0.1) is 46.1 Å². The van der Waals surface area contributed by atoms with E-state index >= 15 is 0 Å². The third-order valence-corrected chi connectivity index (χ3v) is 5.93. The van der Waals surface area contributed by atoms with E-state index in [1.165, 1.54) is 0 Å². The average molecular weight is 693 g/mol. The Hall–Kier alpha value is -1.93. The second-order valence-electron chi connectivity index (χ2n) is 8.53. The molecule has 1 rings (SSSR count). The van der Waals surface area contributed by atoms with Crippen LogP contribution in [0.1, 0.15) is 20.3 Å². The number of benzene rings is 1. The topological polar surface area (TPSA) is 140 Å². The van der Waals surface area contributed by atoms with Gasteiger partial charge in [0, 0.05) is 29.4 Å². The van der Waals surface area contributed by atoms with Crippen LogP contribution in [0.2, 0.25) is 0 Å². The predicted molar refractivity (Wildman–Crippen MR) is 164 cm³/mol. The van der Waals surface area contributed by atoms with Crippen LogP contribution in [0.4, 0.5) is 5.69 Å². The number of amides is 2. The number of alkyl halides is 1. The Morgan fingerprint density at radius 3 is 2.60 bits per heavy atom. The van der Waals surface area contributed by atoms with E-state index < -0.39 is 5.44 Å². The fraction of sp³-hybridized carbons (Fsp3) is 0.593. The number of nitrogens with one attached hydrogen (secondary N) is 3. The van der Waals surface area contributed by atoms with Crippen LogP contribution in [0.3, 0.4) is 0 Å². The summed E-state index contributed by atoms with van der Waals surface area (Å²) in [4.78, 5) is 24.0. The highest BCUT2D eigenvalue weighted by molar-refractivity contribution is 14.1. The van der Waals surface area contributed by atoms with E-state index in [1.807, 2.05) is 17.6 Å². The Labute approximate surface area is 255 Å². The van der Waals surface area contributed by atoms with Gasteiger partial charge in [0.15, 0.2) is 5.44 Å². The van der Waals surface area contributed by atoms with Crippen molar-refractivity contribution in [2.75, 3.05) is 75.8 Å². The van der Waals surface area contributed by atoms with Crippen LogP contribution < -0.4 is 20.7 Å². The van der Waals surface area contributed by atoms with Crippen LogP contribution in [0.5, 0.6) is 5.75 Å². The Kier molecular flexibility index (Phi) is 22.4. The van der Waals surface area contributed by atoms with Gasteiger partial charge in [-0.3, -0.25) is 9.59 Å². The first-order valence-electron chi connectivity index (χ1n) is 13.1. The monoisotopic (exact) mass is 692 g/mol. The molecule has 224 valence electrons. The van der Waals surface area contributed by atoms with Gasteiger partial charge in [-0.25, -0.2) is 0 Å². The van der Waals surface area contributed by atoms with Crippen molar-refractivity contribution in [3.63, 3.8) is 0 Å². The molecule has 0 aliphatic rings. The molecule has 0 saturated heterocycles. The molecule has 2 amide bonds. The summed E-state index contributed by atoms with van der Waals surface area (Å²) in [6.45, 7) is 7.67. The quantitative estimate of drug-likeness (QED) is 0.0281. The lowest BCUT2D eigenvalue weighted by Crippen LogP contribution is -2.28. The standard InChI is InChI=1S/C27H41IN4O7S/c1-22(2)5-4-9-31-26(34)18-37-15-16-38-27(40-21-29)19-39-24-7-3-6-23(17-24)32-25(33)8-11-35-13-14-36-12-10-30-20-28/h3-7,17,22,27,30H,8-16,18-20H2,1-2H3,(H,31,34)(H,32,33)/b5-4+. The Morgan fingerprint density at radius 2 is 1.85 bits per heavy atom. The Morgan fingerprint density at radius 1 is 1.07 bits per heavy atom. The molecule has 0 spiro atoms. The molecular weight excluding hydrogens is 651 g/mol. The molecule has 3 N–H and O–H groups in total. The van der Waals surface area contributed by atoms with Gasteiger partial charge in [0.2, 0.25) is 11.8 Å². The second-order valence-corrected chi connectivity index (χ2v) is 10.2. The Bertz CT molecular complexity index is 902. The maximum atomic E-state index is 12.2. The third kappa shape index (κ3) is 20.9. The van der Waals surface area contributed by atoms with Crippen molar-refractivity contribution in [3.8, 4) is 11.2 Å². The zero-order chi connectivity index (χ0) is 29.3. The third-order valence-electron chi connectivity index (χ3n) is 4.75. The van der Waals surface area contributed by atoms with Crippen molar-refractivity contribution in [2.45, 2.75) is 25.7 Å². The fourth-order valence-electron chi connectivity index (χ4n) is 2.89. The number of hydrogen-bond acceptors (Lipinski definition) is 10. The summed E-state index contributed by atoms with van der Waals surface area (Å²) < 4.78 is 28.5. The first-order chi connectivity index (χ1) is 19.4. The largest absolute Gasteiger partial charge is 0.490 e. The number of carbonyl (C=O) groups excluding carboxylic acids is 2. The second kappa shape index (κ2) is 24.8. The molecule has 1 unspecified atom stereocenters. The molecule has 0 saturated carbocycles. The maximum absolute atomic E-state index is 12.2. The van der Waals surface area contributed by atoms with E-state index in [4.69, 9.17) is 28.9 Å². The van der Waals surface area contributed by atoms with Crippen LogP contribution in [0.25, 0.3) is 0 Å². The summed E-state index contributed by atoms with van der Waals surface area (Å²) in [6, 6.07) is 6.97. The van der Waals surface area contributed by atoms with E-state index in [9.17, 15) is 9.59 Å². The molecule has 0 radical (unpaired) electrons. The minimum absolute atomic E-state index is 0.0681. The molecule has 1 aromatic carbocycles. The number of nitrogens with zero attached hydrogens (tertiary/aromatic N) is 1. The van der Waals surface area contributed by atoms with Gasteiger partial charge in [-0.15, -0.1) is 0 Å². The number of allylic oxidation sites excluding steroid dienone is 1. The highest BCUT2D eigenvalue weighted by Gasteiger charge is 2.12. The van der Waals surface area contributed by atoms with E-state index in [0.29, 0.717) is 50.3 Å². The van der Waals surface area contributed by atoms with Crippen molar-refractivity contribution >= 4 is 51.9 Å². The van der Waals surface area contributed by atoms with E-state index in [1.54, 1.807) is 24.3 Å². The van der Waals surface area contributed by atoms with Crippen LogP contribution in [0, 0.1) is 16.6 Å². The molecule has 13 heteroatoms. The molecule has 0 aromatic heterocycles. The van der Waals surface area contributed by atoms with E-state index in [-0.39, 0.29) is 44.7 Å². The van der Waals surface area contributed by atoms with Crippen LogP contribution in [0.15, 0.2) is 36.4 Å². The van der Waals surface area contributed by atoms with Crippen molar-refractivity contribution in [1.29, 1.82) is 5.26 Å². The van der Waals surface area contributed by atoms with Gasteiger partial charge in [0.25, 0.3) is 0 Å². The number of carbonyl (C=O) groups is 2. The molecule has 0 heterocycles. The van der Waals surface area contributed by atoms with E-state index in [0.717, 1.165) is 22.9 Å². The number of halogens is 1. The van der Waals surface area contributed by atoms with Gasteiger partial charge in [-0.2, -0.15) is 5.26 Å². The van der Waals surface area contributed by atoms with Crippen molar-refractivity contribution in [1.82, 2.24) is 10.6 Å².